The molecule has 2 heterocycles. The van der Waals surface area contributed by atoms with Crippen LogP contribution in [0.3, 0.4) is 0 Å². The summed E-state index contributed by atoms with van der Waals surface area (Å²) in [5.41, 5.74) is 0. The van der Waals surface area contributed by atoms with E-state index in [-0.39, 0.29) is 5.91 Å². The van der Waals surface area contributed by atoms with Crippen molar-refractivity contribution >= 4 is 27.3 Å². The van der Waals surface area contributed by atoms with Gasteiger partial charge in [-0.05, 0) is 31.7 Å². The molecular weight excluding hydrogens is 292 g/mol. The highest BCUT2D eigenvalue weighted by molar-refractivity contribution is 7.20. The van der Waals surface area contributed by atoms with Gasteiger partial charge in [-0.25, -0.2) is 0 Å². The Morgan fingerprint density at radius 1 is 1.05 bits per heavy atom. The smallest absolute Gasteiger partial charge is 0.261 e. The molecular formula is C18H24N2OS. The second-order valence-electron chi connectivity index (χ2n) is 6.88. The summed E-state index contributed by atoms with van der Waals surface area (Å²) in [5, 5.41) is 4.45. The van der Waals surface area contributed by atoms with Crippen molar-refractivity contribution in [2.75, 3.05) is 0 Å². The second kappa shape index (κ2) is 6.07. The number of aromatic nitrogens is 1. The van der Waals surface area contributed by atoms with Gasteiger partial charge >= 0.3 is 0 Å². The highest BCUT2D eigenvalue weighted by Crippen LogP contribution is 2.34. The van der Waals surface area contributed by atoms with Gasteiger partial charge in [-0.1, -0.05) is 32.1 Å². The molecule has 0 aromatic carbocycles. The lowest BCUT2D eigenvalue weighted by Gasteiger charge is -2.22. The first kappa shape index (κ1) is 14.3. The van der Waals surface area contributed by atoms with E-state index in [1.807, 2.05) is 0 Å². The maximum atomic E-state index is 12.4. The van der Waals surface area contributed by atoms with Crippen LogP contribution in [0.1, 0.15) is 73.5 Å². The third-order valence-corrected chi connectivity index (χ3v) is 6.34. The molecule has 3 nitrogen and oxygen atoms in total. The van der Waals surface area contributed by atoms with Crippen molar-refractivity contribution in [3.05, 3.63) is 23.3 Å². The van der Waals surface area contributed by atoms with Crippen LogP contribution in [0.2, 0.25) is 0 Å². The van der Waals surface area contributed by atoms with Crippen molar-refractivity contribution in [3.63, 3.8) is 0 Å². The van der Waals surface area contributed by atoms with Crippen molar-refractivity contribution in [2.45, 2.75) is 69.9 Å². The van der Waals surface area contributed by atoms with Crippen LogP contribution in [0.4, 0.5) is 0 Å². The summed E-state index contributed by atoms with van der Waals surface area (Å²) in [5.74, 6) is 0.125. The van der Waals surface area contributed by atoms with Crippen LogP contribution in [-0.2, 0) is 0 Å². The second-order valence-corrected chi connectivity index (χ2v) is 7.97. The summed E-state index contributed by atoms with van der Waals surface area (Å²) in [6.45, 7) is 0. The zero-order chi connectivity index (χ0) is 14.9. The van der Waals surface area contributed by atoms with E-state index >= 15 is 0 Å². The number of carbonyl (C=O) groups excluding carboxylic acids is 1. The summed E-state index contributed by atoms with van der Waals surface area (Å²) in [6.07, 6.45) is 15.9. The molecule has 0 aliphatic heterocycles. The van der Waals surface area contributed by atoms with Gasteiger partial charge in [-0.15, -0.1) is 11.3 Å². The van der Waals surface area contributed by atoms with Gasteiger partial charge in [0.05, 0.1) is 9.58 Å². The Morgan fingerprint density at radius 3 is 2.50 bits per heavy atom. The Hall–Kier alpha value is -1.29. The van der Waals surface area contributed by atoms with Crippen LogP contribution in [0.25, 0.3) is 10.1 Å². The molecule has 118 valence electrons. The lowest BCUT2D eigenvalue weighted by molar-refractivity contribution is 0.0932. The van der Waals surface area contributed by atoms with Gasteiger partial charge in [0.2, 0.25) is 0 Å². The average molecular weight is 316 g/mol. The molecule has 2 fully saturated rings. The van der Waals surface area contributed by atoms with Crippen molar-refractivity contribution < 1.29 is 4.79 Å². The van der Waals surface area contributed by atoms with E-state index in [0.717, 1.165) is 17.7 Å². The quantitative estimate of drug-likeness (QED) is 0.860. The Labute approximate surface area is 135 Å². The molecule has 2 aliphatic rings. The van der Waals surface area contributed by atoms with E-state index in [9.17, 15) is 4.79 Å². The number of rotatable bonds is 3. The molecule has 22 heavy (non-hydrogen) atoms. The SMILES string of the molecule is O=C(NC1CCCCC1)c1cc2cn(C3CCCC3)cc2s1. The van der Waals surface area contributed by atoms with Gasteiger partial charge in [0.25, 0.3) is 5.91 Å². The fourth-order valence-corrected chi connectivity index (χ4v) is 4.96. The molecule has 1 N–H and O–H groups in total. The van der Waals surface area contributed by atoms with Crippen molar-refractivity contribution in [1.29, 1.82) is 0 Å². The van der Waals surface area contributed by atoms with Gasteiger partial charge in [0.15, 0.2) is 0 Å². The van der Waals surface area contributed by atoms with E-state index < -0.39 is 0 Å². The molecule has 1 amide bonds. The predicted octanol–water partition coefficient (Wildman–Crippen LogP) is 4.88. The minimum atomic E-state index is 0.125. The Kier molecular flexibility index (Phi) is 3.95. The minimum absolute atomic E-state index is 0.125. The fourth-order valence-electron chi connectivity index (χ4n) is 3.98. The number of nitrogens with zero attached hydrogens (tertiary/aromatic N) is 1. The molecule has 0 spiro atoms. The van der Waals surface area contributed by atoms with Gasteiger partial charge in [0, 0.05) is 29.9 Å². The van der Waals surface area contributed by atoms with Crippen LogP contribution < -0.4 is 5.32 Å². The standard InChI is InChI=1S/C18H24N2OS/c21-18(19-14-6-2-1-3-7-14)16-10-13-11-20(12-17(13)22-16)15-8-4-5-9-15/h10-12,14-15H,1-9H2,(H,19,21). The largest absolute Gasteiger partial charge is 0.349 e. The summed E-state index contributed by atoms with van der Waals surface area (Å²) in [7, 11) is 0. The molecule has 2 saturated carbocycles. The number of amides is 1. The zero-order valence-electron chi connectivity index (χ0n) is 13.0. The highest BCUT2D eigenvalue weighted by Gasteiger charge is 2.20. The van der Waals surface area contributed by atoms with Crippen LogP contribution >= 0.6 is 11.3 Å². The van der Waals surface area contributed by atoms with Crippen LogP contribution in [0.15, 0.2) is 18.5 Å². The fraction of sp³-hybridized carbons (Fsp3) is 0.611. The lowest BCUT2D eigenvalue weighted by Crippen LogP contribution is -2.35. The average Bonchev–Trinajstić information content (AvgIpc) is 3.23. The number of hydrogen-bond acceptors (Lipinski definition) is 2. The van der Waals surface area contributed by atoms with E-state index in [1.165, 1.54) is 55.0 Å². The highest BCUT2D eigenvalue weighted by atomic mass is 32.1. The number of thiophene rings is 1. The van der Waals surface area contributed by atoms with Gasteiger partial charge < -0.3 is 9.88 Å². The van der Waals surface area contributed by atoms with Gasteiger partial charge in [-0.2, -0.15) is 0 Å². The molecule has 0 bridgehead atoms. The summed E-state index contributed by atoms with van der Waals surface area (Å²) < 4.78 is 3.62. The van der Waals surface area contributed by atoms with Crippen LogP contribution in [-0.4, -0.2) is 16.5 Å². The monoisotopic (exact) mass is 316 g/mol. The topological polar surface area (TPSA) is 34.0 Å². The van der Waals surface area contributed by atoms with E-state index in [0.29, 0.717) is 12.1 Å². The van der Waals surface area contributed by atoms with Gasteiger partial charge in [0.1, 0.15) is 0 Å². The molecule has 0 radical (unpaired) electrons. The molecule has 2 aromatic rings. The Balaban J connectivity index is 1.47. The molecule has 0 atom stereocenters. The van der Waals surface area contributed by atoms with Crippen molar-refractivity contribution in [2.24, 2.45) is 0 Å². The minimum Gasteiger partial charge on any atom is -0.349 e. The van der Waals surface area contributed by atoms with Gasteiger partial charge in [-0.3, -0.25) is 4.79 Å². The number of fused-ring (bicyclic) bond motifs is 1. The first-order valence-corrected chi connectivity index (χ1v) is 9.53. The Bertz CT molecular complexity index is 628. The first-order valence-electron chi connectivity index (χ1n) is 8.71. The number of nitrogens with one attached hydrogen (secondary N) is 1. The molecule has 4 heteroatoms. The van der Waals surface area contributed by atoms with Crippen molar-refractivity contribution in [1.82, 2.24) is 9.88 Å². The zero-order valence-corrected chi connectivity index (χ0v) is 13.8. The summed E-state index contributed by atoms with van der Waals surface area (Å²) in [6, 6.07) is 3.14. The molecule has 0 saturated heterocycles. The van der Waals surface area contributed by atoms with E-state index in [1.54, 1.807) is 11.3 Å². The number of hydrogen-bond donors (Lipinski definition) is 1. The lowest BCUT2D eigenvalue weighted by atomic mass is 9.95. The summed E-state index contributed by atoms with van der Waals surface area (Å²) in [4.78, 5) is 13.3. The van der Waals surface area contributed by atoms with Crippen molar-refractivity contribution in [3.8, 4) is 0 Å². The van der Waals surface area contributed by atoms with E-state index in [4.69, 9.17) is 0 Å². The third kappa shape index (κ3) is 2.81. The number of carbonyl (C=O) groups is 1. The Morgan fingerprint density at radius 2 is 1.77 bits per heavy atom. The first-order chi connectivity index (χ1) is 10.8. The van der Waals surface area contributed by atoms with Crippen LogP contribution in [0, 0.1) is 0 Å². The molecule has 2 aliphatic carbocycles. The molecule has 4 rings (SSSR count). The normalized spacial score (nSPS) is 20.7. The summed E-state index contributed by atoms with van der Waals surface area (Å²) >= 11 is 1.64. The molecule has 2 aromatic heterocycles. The molecule has 0 unspecified atom stereocenters. The van der Waals surface area contributed by atoms with Crippen LogP contribution in [0.5, 0.6) is 0 Å². The third-order valence-electron chi connectivity index (χ3n) is 5.26. The maximum Gasteiger partial charge on any atom is 0.261 e. The maximum absolute atomic E-state index is 12.4. The van der Waals surface area contributed by atoms with E-state index in [2.05, 4.69) is 28.3 Å². The predicted molar refractivity (Wildman–Crippen MR) is 91.7 cm³/mol.